The maximum atomic E-state index is 11.4. The Morgan fingerprint density at radius 3 is 0.872 bits per heavy atom. The number of para-hydroxylation sites is 4. The molecule has 8 bridgehead atoms. The molecule has 0 saturated heterocycles. The van der Waals surface area contributed by atoms with Crippen LogP contribution in [0.15, 0.2) is 141 Å². The van der Waals surface area contributed by atoms with Crippen molar-refractivity contribution >= 4 is 92.7 Å². The Morgan fingerprint density at radius 2 is 0.628 bits per heavy atom. The first kappa shape index (κ1) is 54.1. The molecule has 3 aromatic heterocycles. The summed E-state index contributed by atoms with van der Waals surface area (Å²) in [6.45, 7) is 12.1. The number of fused-ring (bicyclic) bond motifs is 8. The zero-order chi connectivity index (χ0) is 55.9. The van der Waals surface area contributed by atoms with Crippen LogP contribution in [0.4, 0.5) is 22.7 Å². The Balaban J connectivity index is 1.49. The van der Waals surface area contributed by atoms with Crippen molar-refractivity contribution in [2.75, 3.05) is 55.4 Å². The molecule has 5 heterocycles. The minimum absolute atomic E-state index is 0.0167. The van der Waals surface area contributed by atoms with E-state index in [2.05, 4.69) is 9.97 Å². The lowest BCUT2D eigenvalue weighted by atomic mass is 9.96. The van der Waals surface area contributed by atoms with Crippen LogP contribution >= 0.6 is 0 Å². The molecule has 0 radical (unpaired) electrons. The summed E-state index contributed by atoms with van der Waals surface area (Å²) in [6.07, 6.45) is 7.95. The second-order valence-electron chi connectivity index (χ2n) is 23.9. The largest absolute Gasteiger partial charge is 0.496 e. The maximum absolute atomic E-state index is 11.4. The van der Waals surface area contributed by atoms with E-state index in [0.717, 1.165) is 22.3 Å². The summed E-state index contributed by atoms with van der Waals surface area (Å²) < 4.78 is 0.935. The van der Waals surface area contributed by atoms with E-state index in [0.29, 0.717) is 112 Å². The van der Waals surface area contributed by atoms with Crippen LogP contribution in [0.5, 0.6) is 0 Å². The van der Waals surface area contributed by atoms with Gasteiger partial charge in [0.25, 0.3) is 0 Å². The van der Waals surface area contributed by atoms with Crippen molar-refractivity contribution in [3.8, 4) is 44.5 Å². The number of quaternary nitrogens is 2. The van der Waals surface area contributed by atoms with Gasteiger partial charge in [-0.3, -0.25) is 0 Å². The summed E-state index contributed by atoms with van der Waals surface area (Å²) in [5.74, 6) is -0.0763. The third kappa shape index (κ3) is 11.9. The van der Waals surface area contributed by atoms with Crippen LogP contribution in [0.2, 0.25) is 0 Å². The number of likely N-dealkylation sites (N-methyl/N-ethyl adjacent to an activating group) is 2. The van der Waals surface area contributed by atoms with Gasteiger partial charge in [0.1, 0.15) is 0 Å². The molecule has 7 aromatic rings. The van der Waals surface area contributed by atoms with Crippen LogP contribution in [-0.4, -0.2) is 128 Å². The van der Waals surface area contributed by atoms with Crippen molar-refractivity contribution < 1.29 is 29.4 Å². The number of nitrogens with one attached hydrogen (secondary N) is 2. The topological polar surface area (TPSA) is 188 Å². The Morgan fingerprint density at radius 1 is 0.385 bits per heavy atom. The third-order valence-corrected chi connectivity index (χ3v) is 13.0. The summed E-state index contributed by atoms with van der Waals surface area (Å²) in [6, 6.07) is 38.9. The van der Waals surface area contributed by atoms with E-state index in [-0.39, 0.29) is 23.6 Å². The maximum Gasteiger partial charge on any atom is 0.243 e. The van der Waals surface area contributed by atoms with Gasteiger partial charge >= 0.3 is 0 Å². The van der Waals surface area contributed by atoms with Gasteiger partial charge < -0.3 is 39.4 Å². The van der Waals surface area contributed by atoms with Gasteiger partial charge in [0, 0.05) is 77.4 Å². The first-order chi connectivity index (χ1) is 36.8. The number of aliphatic imine (C=N–C) groups is 4. The van der Waals surface area contributed by atoms with Crippen LogP contribution in [0.1, 0.15) is 64.3 Å². The third-order valence-electron chi connectivity index (χ3n) is 13.0. The number of aromatic amines is 2. The molecule has 0 aliphatic carbocycles. The number of aliphatic hydroxyl groups excluding tert-OH is 4. The highest BCUT2D eigenvalue weighted by atomic mass is 16.3. The van der Waals surface area contributed by atoms with Crippen molar-refractivity contribution in [1.29, 1.82) is 0 Å². The molecule has 0 spiro atoms. The molecule has 14 nitrogen and oxygen atoms in total. The highest BCUT2D eigenvalue weighted by molar-refractivity contribution is 6.04. The highest BCUT2D eigenvalue weighted by Crippen LogP contribution is 2.44. The molecule has 78 heavy (non-hydrogen) atoms. The van der Waals surface area contributed by atoms with E-state index in [1.807, 2.05) is 229 Å². The van der Waals surface area contributed by atoms with Crippen molar-refractivity contribution in [2.45, 2.75) is 41.5 Å². The number of aliphatic hydroxyl groups is 4. The number of benzene rings is 4. The predicted octanol–water partition coefficient (Wildman–Crippen LogP) is 15.2. The molecule has 9 rings (SSSR count). The van der Waals surface area contributed by atoms with Gasteiger partial charge in [0.15, 0.2) is 24.9 Å². The average molecular weight is 1040 g/mol. The number of aromatic nitrogens is 4. The van der Waals surface area contributed by atoms with E-state index < -0.39 is 10.8 Å². The fourth-order valence-electron chi connectivity index (χ4n) is 9.23. The molecule has 0 fully saturated rings. The summed E-state index contributed by atoms with van der Waals surface area (Å²) >= 11 is 0. The first-order valence-corrected chi connectivity index (χ1v) is 26.1. The number of nitrogens with zero attached hydrogens (tertiary/aromatic N) is 8. The van der Waals surface area contributed by atoms with E-state index in [1.165, 1.54) is 0 Å². The molecule has 0 saturated carbocycles. The second kappa shape index (κ2) is 21.0. The van der Waals surface area contributed by atoms with Crippen LogP contribution in [0, 0.1) is 10.8 Å². The first-order valence-electron chi connectivity index (χ1n) is 26.1. The van der Waals surface area contributed by atoms with Crippen LogP contribution in [0.25, 0.3) is 90.9 Å². The summed E-state index contributed by atoms with van der Waals surface area (Å²) in [5, 5.41) is 45.7. The molecular formula is C64H70N10O4+2. The Kier molecular flexibility index (Phi) is 14.6. The molecule has 2 aliphatic heterocycles. The molecule has 0 atom stereocenters. The molecular weight excluding hydrogens is 973 g/mol. The van der Waals surface area contributed by atoms with Gasteiger partial charge in [0.2, 0.25) is 11.8 Å². The lowest BCUT2D eigenvalue weighted by Gasteiger charge is -2.22. The normalized spacial score (nSPS) is 13.9. The monoisotopic (exact) mass is 1040 g/mol. The van der Waals surface area contributed by atoms with E-state index in [1.54, 1.807) is 0 Å². The van der Waals surface area contributed by atoms with Gasteiger partial charge in [-0.2, -0.15) is 0 Å². The van der Waals surface area contributed by atoms with Gasteiger partial charge in [-0.25, -0.2) is 29.9 Å². The van der Waals surface area contributed by atoms with Crippen molar-refractivity contribution in [3.63, 3.8) is 0 Å². The van der Waals surface area contributed by atoms with Crippen molar-refractivity contribution in [3.05, 3.63) is 144 Å². The zero-order valence-electron chi connectivity index (χ0n) is 46.6. The van der Waals surface area contributed by atoms with E-state index in [4.69, 9.17) is 29.9 Å². The van der Waals surface area contributed by atoms with Gasteiger partial charge in [0.05, 0.1) is 87.8 Å². The Hall–Kier alpha value is -8.72. The van der Waals surface area contributed by atoms with Crippen molar-refractivity contribution in [1.82, 2.24) is 19.9 Å². The van der Waals surface area contributed by atoms with Gasteiger partial charge in [-0.05, 0) is 72.8 Å². The molecule has 398 valence electrons. The van der Waals surface area contributed by atoms with Crippen LogP contribution in [0.3, 0.4) is 0 Å². The average Bonchev–Trinajstić information content (AvgIpc) is 4.30. The van der Waals surface area contributed by atoms with Gasteiger partial charge in [-0.15, -0.1) is 0 Å². The minimum atomic E-state index is -0.634. The zero-order valence-corrected chi connectivity index (χ0v) is 46.6. The smallest absolute Gasteiger partial charge is 0.243 e. The van der Waals surface area contributed by atoms with Crippen LogP contribution < -0.4 is 0 Å². The summed E-state index contributed by atoms with van der Waals surface area (Å²) in [7, 11) is 12.0. The minimum Gasteiger partial charge on any atom is -0.496 e. The summed E-state index contributed by atoms with van der Waals surface area (Å²) in [5.41, 5.74) is 11.9. The molecule has 0 unspecified atom stereocenters. The van der Waals surface area contributed by atoms with E-state index in [9.17, 15) is 20.4 Å². The molecule has 6 N–H and O–H groups in total. The number of hydrogen-bond acceptors (Lipinski definition) is 6. The molecule has 0 amide bonds. The lowest BCUT2D eigenvalue weighted by Crippen LogP contribution is -2.39. The Bertz CT molecular complexity index is 3600. The lowest BCUT2D eigenvalue weighted by molar-refractivity contribution is -0.861. The quantitative estimate of drug-likeness (QED) is 0.0401. The Labute approximate surface area is 456 Å². The molecule has 2 aliphatic rings. The van der Waals surface area contributed by atoms with E-state index >= 15 is 0 Å². The molecule has 4 aromatic carbocycles. The SMILES string of the molecule is CC(C)(C)C(O)=Nc1ccccc1-c1c2nc(c(-c3ccccc3N=C(O)C[N+](C)(C)C)c3ccc([nH]3)c(-c3ccccc3N=C(O)C[N+](C)(C)C)c3nc(c(-c4ccccc4N=C(O)C(C)(C)C)c4ccc1[nH]4)C=C3)C=C2. The number of rotatable bonds is 12. The fourth-order valence-corrected chi connectivity index (χ4v) is 9.23. The predicted molar refractivity (Wildman–Crippen MR) is 324 cm³/mol. The summed E-state index contributed by atoms with van der Waals surface area (Å²) in [4.78, 5) is 38.1. The standard InChI is InChI=1S/C64H68N10O4/c1-63(2,3)61(77)71-45-27-19-15-23-41(45)59-51-33-31-49(66-51)57(39-21-13-17-25-43(39)69-55(75)37-73(7,8)9)47-29-30-48(65-47)58(40-22-14-18-26-44(40)70-56(76)38-74(10,11)12)50-32-34-52(67-50)60(54-36-35-53(59)68-54)42-24-16-20-28-46(42)72-62(78)64(4,5)6/h13-36H,37-38H2,1-12H3,(H4-2,65,66,67,68,69,70,71,72,75,76,77,78)/p+2. The highest BCUT2D eigenvalue weighted by Gasteiger charge is 2.26. The van der Waals surface area contributed by atoms with Crippen molar-refractivity contribution in [2.24, 2.45) is 30.8 Å². The number of hydrogen-bond donors (Lipinski definition) is 6. The second-order valence-corrected chi connectivity index (χ2v) is 23.9. The molecule has 14 heteroatoms. The van der Waals surface area contributed by atoms with Gasteiger partial charge in [-0.1, -0.05) is 114 Å². The van der Waals surface area contributed by atoms with Crippen LogP contribution in [-0.2, 0) is 0 Å². The number of H-pyrrole nitrogens is 2. The fraction of sp³-hybridized carbons (Fsp3) is 0.250.